The number of aromatic nitrogens is 3. The van der Waals surface area contributed by atoms with Crippen molar-refractivity contribution >= 4 is 0 Å². The van der Waals surface area contributed by atoms with Crippen LogP contribution in [0.15, 0.2) is 29.1 Å². The van der Waals surface area contributed by atoms with E-state index in [1.807, 2.05) is 19.1 Å². The van der Waals surface area contributed by atoms with E-state index in [1.165, 1.54) is 6.26 Å². The summed E-state index contributed by atoms with van der Waals surface area (Å²) in [4.78, 5) is 4.07. The Morgan fingerprint density at radius 3 is 3.00 bits per heavy atom. The molecule has 0 atom stereocenters. The van der Waals surface area contributed by atoms with Crippen LogP contribution in [0.5, 0.6) is 0 Å². The van der Waals surface area contributed by atoms with Crippen LogP contribution in [0.2, 0.25) is 0 Å². The van der Waals surface area contributed by atoms with E-state index >= 15 is 0 Å². The minimum atomic E-state index is 0.737. The van der Waals surface area contributed by atoms with Gasteiger partial charge in [-0.05, 0) is 19.1 Å². The van der Waals surface area contributed by atoms with Gasteiger partial charge >= 0.3 is 0 Å². The highest BCUT2D eigenvalue weighted by atomic mass is 16.5. The lowest BCUT2D eigenvalue weighted by Crippen LogP contribution is -1.82. The van der Waals surface area contributed by atoms with Gasteiger partial charge in [-0.1, -0.05) is 0 Å². The topological polar surface area (TPSA) is 51.8 Å². The van der Waals surface area contributed by atoms with E-state index in [1.54, 1.807) is 6.20 Å². The Kier molecular flexibility index (Phi) is 1.59. The molecule has 0 aliphatic heterocycles. The van der Waals surface area contributed by atoms with E-state index in [-0.39, 0.29) is 0 Å². The number of pyridine rings is 1. The van der Waals surface area contributed by atoms with E-state index in [0.29, 0.717) is 0 Å². The van der Waals surface area contributed by atoms with E-state index in [2.05, 4.69) is 19.9 Å². The minimum Gasteiger partial charge on any atom is -0.345 e. The first-order valence-electron chi connectivity index (χ1n) is 3.56. The van der Waals surface area contributed by atoms with E-state index < -0.39 is 0 Å². The average molecular weight is 161 g/mol. The number of aryl methyl sites for hydroxylation is 1. The molecule has 0 N–H and O–H groups in total. The first-order valence-corrected chi connectivity index (χ1v) is 3.56. The molecule has 0 amide bonds. The zero-order valence-corrected chi connectivity index (χ0v) is 6.56. The van der Waals surface area contributed by atoms with Gasteiger partial charge in [0.15, 0.2) is 6.26 Å². The molecule has 2 heterocycles. The summed E-state index contributed by atoms with van der Waals surface area (Å²) in [6.45, 7) is 1.93. The molecular formula is C8H7N3O. The van der Waals surface area contributed by atoms with Crippen molar-refractivity contribution in [3.63, 3.8) is 0 Å². The van der Waals surface area contributed by atoms with Crippen LogP contribution < -0.4 is 0 Å². The lowest BCUT2D eigenvalue weighted by molar-refractivity contribution is 0.393. The highest BCUT2D eigenvalue weighted by Gasteiger charge is 2.00. The summed E-state index contributed by atoms with van der Waals surface area (Å²) in [7, 11) is 0. The molecule has 4 heteroatoms. The zero-order chi connectivity index (χ0) is 8.39. The molecule has 0 aliphatic rings. The van der Waals surface area contributed by atoms with Crippen molar-refractivity contribution in [1.29, 1.82) is 0 Å². The summed E-state index contributed by atoms with van der Waals surface area (Å²) in [5.41, 5.74) is 2.67. The fourth-order valence-electron chi connectivity index (χ4n) is 0.995. The molecule has 60 valence electrons. The zero-order valence-electron chi connectivity index (χ0n) is 6.56. The van der Waals surface area contributed by atoms with Gasteiger partial charge in [0.1, 0.15) is 5.69 Å². The Bertz CT molecular complexity index is 370. The maximum absolute atomic E-state index is 4.63. The Labute approximate surface area is 69.2 Å². The van der Waals surface area contributed by atoms with Crippen molar-refractivity contribution in [1.82, 2.24) is 15.4 Å². The second-order valence-electron chi connectivity index (χ2n) is 2.48. The second-order valence-corrected chi connectivity index (χ2v) is 2.48. The number of rotatable bonds is 1. The standard InChI is InChI=1S/C8H7N3O/c1-6-4-7(2-3-9-6)8-5-12-11-10-8/h2-5H,1H3. The van der Waals surface area contributed by atoms with Crippen LogP contribution in [0.1, 0.15) is 5.69 Å². The van der Waals surface area contributed by atoms with Crippen LogP contribution in [-0.4, -0.2) is 15.4 Å². The van der Waals surface area contributed by atoms with Gasteiger partial charge in [0.25, 0.3) is 0 Å². The summed E-state index contributed by atoms with van der Waals surface area (Å²) in [6.07, 6.45) is 3.24. The largest absolute Gasteiger partial charge is 0.345 e. The van der Waals surface area contributed by atoms with Crippen LogP contribution in [0.25, 0.3) is 11.3 Å². The lowest BCUT2D eigenvalue weighted by Gasteiger charge is -1.94. The normalized spacial score (nSPS) is 10.1. The number of hydrogen-bond donors (Lipinski definition) is 0. The van der Waals surface area contributed by atoms with Crippen LogP contribution in [0.3, 0.4) is 0 Å². The quantitative estimate of drug-likeness (QED) is 0.635. The van der Waals surface area contributed by atoms with Gasteiger partial charge in [0.05, 0.1) is 0 Å². The van der Waals surface area contributed by atoms with E-state index in [9.17, 15) is 0 Å². The van der Waals surface area contributed by atoms with Crippen LogP contribution in [-0.2, 0) is 0 Å². The first kappa shape index (κ1) is 6.97. The Balaban J connectivity index is 2.48. The molecule has 0 unspecified atom stereocenters. The molecule has 0 aliphatic carbocycles. The van der Waals surface area contributed by atoms with Crippen LogP contribution >= 0.6 is 0 Å². The number of hydrogen-bond acceptors (Lipinski definition) is 4. The maximum Gasteiger partial charge on any atom is 0.152 e. The molecule has 4 nitrogen and oxygen atoms in total. The fourth-order valence-corrected chi connectivity index (χ4v) is 0.995. The molecule has 2 aromatic rings. The predicted octanol–water partition coefficient (Wildman–Crippen LogP) is 1.44. The highest BCUT2D eigenvalue weighted by molar-refractivity contribution is 5.56. The molecule has 0 spiro atoms. The third kappa shape index (κ3) is 1.18. The second kappa shape index (κ2) is 2.73. The molecule has 0 saturated carbocycles. The third-order valence-corrected chi connectivity index (χ3v) is 1.55. The monoisotopic (exact) mass is 161 g/mol. The molecule has 0 bridgehead atoms. The fraction of sp³-hybridized carbons (Fsp3) is 0.125. The summed E-state index contributed by atoms with van der Waals surface area (Å²) < 4.78 is 4.63. The van der Waals surface area contributed by atoms with Crippen molar-refractivity contribution < 1.29 is 4.52 Å². The predicted molar refractivity (Wildman–Crippen MR) is 42.3 cm³/mol. The Hall–Kier alpha value is -1.71. The molecule has 0 saturated heterocycles. The van der Waals surface area contributed by atoms with Gasteiger partial charge in [-0.2, -0.15) is 0 Å². The van der Waals surface area contributed by atoms with E-state index in [4.69, 9.17) is 0 Å². The van der Waals surface area contributed by atoms with Crippen molar-refractivity contribution in [3.8, 4) is 11.3 Å². The van der Waals surface area contributed by atoms with Gasteiger partial charge in [0.2, 0.25) is 0 Å². The lowest BCUT2D eigenvalue weighted by atomic mass is 10.2. The number of nitrogens with zero attached hydrogens (tertiary/aromatic N) is 3. The SMILES string of the molecule is Cc1cc(-c2conn2)ccn1. The molecule has 2 rings (SSSR count). The van der Waals surface area contributed by atoms with Crippen LogP contribution in [0.4, 0.5) is 0 Å². The van der Waals surface area contributed by atoms with Crippen molar-refractivity contribution in [3.05, 3.63) is 30.3 Å². The van der Waals surface area contributed by atoms with Crippen molar-refractivity contribution in [2.45, 2.75) is 6.92 Å². The Morgan fingerprint density at radius 2 is 2.33 bits per heavy atom. The molecule has 2 aromatic heterocycles. The average Bonchev–Trinajstić information content (AvgIpc) is 2.56. The van der Waals surface area contributed by atoms with Gasteiger partial charge in [0, 0.05) is 22.7 Å². The molecule has 12 heavy (non-hydrogen) atoms. The summed E-state index contributed by atoms with van der Waals surface area (Å²) in [6, 6.07) is 3.80. The summed E-state index contributed by atoms with van der Waals surface area (Å²) >= 11 is 0. The van der Waals surface area contributed by atoms with Gasteiger partial charge < -0.3 is 4.52 Å². The molecule has 0 fully saturated rings. The summed E-state index contributed by atoms with van der Waals surface area (Å²) in [5, 5.41) is 7.17. The Morgan fingerprint density at radius 1 is 1.42 bits per heavy atom. The smallest absolute Gasteiger partial charge is 0.152 e. The van der Waals surface area contributed by atoms with Gasteiger partial charge in [-0.25, -0.2) is 0 Å². The molecular weight excluding hydrogens is 154 g/mol. The van der Waals surface area contributed by atoms with Crippen molar-refractivity contribution in [2.24, 2.45) is 0 Å². The summed E-state index contributed by atoms with van der Waals surface area (Å²) in [5.74, 6) is 0. The van der Waals surface area contributed by atoms with Gasteiger partial charge in [-0.3, -0.25) is 4.98 Å². The van der Waals surface area contributed by atoms with Crippen molar-refractivity contribution in [2.75, 3.05) is 0 Å². The third-order valence-electron chi connectivity index (χ3n) is 1.55. The van der Waals surface area contributed by atoms with Gasteiger partial charge in [-0.15, -0.1) is 5.10 Å². The van der Waals surface area contributed by atoms with E-state index in [0.717, 1.165) is 17.0 Å². The van der Waals surface area contributed by atoms with Crippen LogP contribution in [0, 0.1) is 6.92 Å². The minimum absolute atomic E-state index is 0.737. The maximum atomic E-state index is 4.63. The molecule has 0 aromatic carbocycles. The molecule has 0 radical (unpaired) electrons. The highest BCUT2D eigenvalue weighted by Crippen LogP contribution is 2.15. The first-order chi connectivity index (χ1) is 5.86.